The molecule has 0 bridgehead atoms. The molecule has 2 fully saturated rings. The number of anilines is 5. The minimum Gasteiger partial charge on any atom is -0.338 e. The number of rotatable bonds is 8. The molecule has 2 aromatic carbocycles. The number of amides is 1. The number of aromatic nitrogens is 3. The Balaban J connectivity index is 1.34. The van der Waals surface area contributed by atoms with Crippen molar-refractivity contribution in [2.24, 2.45) is 22.9 Å². The van der Waals surface area contributed by atoms with Crippen LogP contribution in [-0.2, 0) is 4.79 Å². The van der Waals surface area contributed by atoms with Crippen LogP contribution in [0.4, 0.5) is 42.4 Å². The molecule has 0 aliphatic carbocycles. The standard InChI is InChI=1S/C29H36F3N11O2/c30-29(31,32)43(23-4-2-1-3-5-23)25(45)12-24(44)17-6-8-22(9-7-17)37-26-38-27(41-13-18(33)10-19(34)14-41)40-28(39-26)42-15-20(35)11-21(36)16-42/h1-9,18-21H,10-16,33-36H2,(H,37,38,39,40). The number of carbonyl (C=O) groups is 2. The predicted molar refractivity (Wildman–Crippen MR) is 164 cm³/mol. The third-order valence-corrected chi connectivity index (χ3v) is 7.50. The molecule has 1 amide bonds. The lowest BCUT2D eigenvalue weighted by Gasteiger charge is -2.37. The first-order chi connectivity index (χ1) is 21.4. The number of nitrogens with zero attached hydrogens (tertiary/aromatic N) is 6. The molecule has 4 unspecified atom stereocenters. The Morgan fingerprint density at radius 3 is 1.73 bits per heavy atom. The van der Waals surface area contributed by atoms with Crippen LogP contribution < -0.4 is 43.0 Å². The van der Waals surface area contributed by atoms with Gasteiger partial charge in [0, 0.05) is 61.6 Å². The van der Waals surface area contributed by atoms with Crippen LogP contribution in [0.3, 0.4) is 0 Å². The van der Waals surface area contributed by atoms with Gasteiger partial charge in [0.05, 0.1) is 12.1 Å². The molecular weight excluding hydrogens is 591 g/mol. The number of hydrogen-bond acceptors (Lipinski definition) is 12. The van der Waals surface area contributed by atoms with Crippen LogP contribution in [0.5, 0.6) is 0 Å². The second kappa shape index (κ2) is 13.3. The van der Waals surface area contributed by atoms with Crippen molar-refractivity contribution in [1.29, 1.82) is 0 Å². The van der Waals surface area contributed by atoms with E-state index in [4.69, 9.17) is 22.9 Å². The number of hydrogen-bond donors (Lipinski definition) is 5. The highest BCUT2D eigenvalue weighted by atomic mass is 19.4. The molecule has 16 heteroatoms. The van der Waals surface area contributed by atoms with Crippen molar-refractivity contribution in [2.45, 2.75) is 49.7 Å². The summed E-state index contributed by atoms with van der Waals surface area (Å²) < 4.78 is 41.0. The molecule has 240 valence electrons. The average molecular weight is 628 g/mol. The molecule has 2 saturated heterocycles. The predicted octanol–water partition coefficient (Wildman–Crippen LogP) is 1.47. The summed E-state index contributed by atoms with van der Waals surface area (Å²) in [5.74, 6) is -1.21. The number of para-hydroxylation sites is 1. The molecule has 1 aromatic heterocycles. The molecule has 4 atom stereocenters. The van der Waals surface area contributed by atoms with Crippen LogP contribution in [-0.4, -0.2) is 83.3 Å². The summed E-state index contributed by atoms with van der Waals surface area (Å²) >= 11 is 0. The highest BCUT2D eigenvalue weighted by molar-refractivity contribution is 6.12. The first kappa shape index (κ1) is 32.0. The third-order valence-electron chi connectivity index (χ3n) is 7.50. The summed E-state index contributed by atoms with van der Waals surface area (Å²) in [5.41, 5.74) is 25.0. The monoisotopic (exact) mass is 627 g/mol. The average Bonchev–Trinajstić information content (AvgIpc) is 2.96. The maximum atomic E-state index is 13.7. The summed E-state index contributed by atoms with van der Waals surface area (Å²) in [6, 6.07) is 11.8. The van der Waals surface area contributed by atoms with Crippen LogP contribution in [0.15, 0.2) is 54.6 Å². The summed E-state index contributed by atoms with van der Waals surface area (Å²) in [4.78, 5) is 42.7. The van der Waals surface area contributed by atoms with Gasteiger partial charge < -0.3 is 38.1 Å². The Bertz CT molecular complexity index is 1430. The molecule has 5 rings (SSSR count). The van der Waals surface area contributed by atoms with E-state index < -0.39 is 24.4 Å². The van der Waals surface area contributed by atoms with Gasteiger partial charge in [-0.15, -0.1) is 13.2 Å². The van der Waals surface area contributed by atoms with Crippen molar-refractivity contribution in [3.63, 3.8) is 0 Å². The minimum atomic E-state index is -5.00. The van der Waals surface area contributed by atoms with E-state index in [1.54, 1.807) is 12.1 Å². The molecule has 2 aliphatic heterocycles. The fourth-order valence-corrected chi connectivity index (χ4v) is 5.57. The Morgan fingerprint density at radius 1 is 0.778 bits per heavy atom. The van der Waals surface area contributed by atoms with Gasteiger partial charge in [0.2, 0.25) is 23.8 Å². The highest BCUT2D eigenvalue weighted by Crippen LogP contribution is 2.30. The van der Waals surface area contributed by atoms with Crippen LogP contribution in [0.1, 0.15) is 29.6 Å². The fraction of sp³-hybridized carbons (Fsp3) is 0.414. The lowest BCUT2D eigenvalue weighted by Crippen LogP contribution is -2.54. The van der Waals surface area contributed by atoms with Crippen molar-refractivity contribution < 1.29 is 22.8 Å². The van der Waals surface area contributed by atoms with E-state index in [-0.39, 0.29) is 46.3 Å². The maximum Gasteiger partial charge on any atom is 0.491 e. The number of Topliss-reactive ketones (excluding diaryl/α,β-unsaturated/α-hetero) is 1. The zero-order chi connectivity index (χ0) is 32.3. The molecular formula is C29H36F3N11O2. The van der Waals surface area contributed by atoms with E-state index in [1.165, 1.54) is 30.3 Å². The number of nitrogens with one attached hydrogen (secondary N) is 1. The minimum absolute atomic E-state index is 0.0636. The van der Waals surface area contributed by atoms with Crippen molar-refractivity contribution in [1.82, 2.24) is 15.0 Å². The highest BCUT2D eigenvalue weighted by Gasteiger charge is 2.42. The smallest absolute Gasteiger partial charge is 0.338 e. The van der Waals surface area contributed by atoms with E-state index in [1.807, 2.05) is 9.80 Å². The van der Waals surface area contributed by atoms with E-state index >= 15 is 0 Å². The normalized spacial score (nSPS) is 22.2. The second-order valence-corrected chi connectivity index (χ2v) is 11.4. The number of benzene rings is 2. The molecule has 3 aromatic rings. The molecule has 45 heavy (non-hydrogen) atoms. The van der Waals surface area contributed by atoms with E-state index in [0.29, 0.717) is 56.6 Å². The van der Waals surface area contributed by atoms with Crippen molar-refractivity contribution in [2.75, 3.05) is 46.2 Å². The van der Waals surface area contributed by atoms with Crippen LogP contribution in [0, 0.1) is 0 Å². The summed E-state index contributed by atoms with van der Waals surface area (Å²) in [6.07, 6.45) is -4.62. The van der Waals surface area contributed by atoms with Gasteiger partial charge in [-0.05, 0) is 49.2 Å². The Labute approximate surface area is 257 Å². The van der Waals surface area contributed by atoms with Gasteiger partial charge in [-0.2, -0.15) is 15.0 Å². The number of ketones is 1. The van der Waals surface area contributed by atoms with Gasteiger partial charge in [0.25, 0.3) is 0 Å². The van der Waals surface area contributed by atoms with Gasteiger partial charge in [-0.25, -0.2) is 4.90 Å². The Hall–Kier alpha value is -4.38. The molecule has 9 N–H and O–H groups in total. The third kappa shape index (κ3) is 8.02. The van der Waals surface area contributed by atoms with Crippen molar-refractivity contribution in [3.8, 4) is 0 Å². The first-order valence-electron chi connectivity index (χ1n) is 14.5. The van der Waals surface area contributed by atoms with Gasteiger partial charge in [-0.3, -0.25) is 9.59 Å². The van der Waals surface area contributed by atoms with E-state index in [2.05, 4.69) is 20.3 Å². The summed E-state index contributed by atoms with van der Waals surface area (Å²) in [6.45, 7) is 2.00. The summed E-state index contributed by atoms with van der Waals surface area (Å²) in [5, 5.41) is 3.10. The number of carbonyl (C=O) groups excluding carboxylic acids is 2. The summed E-state index contributed by atoms with van der Waals surface area (Å²) in [7, 11) is 0. The molecule has 0 radical (unpaired) electrons. The SMILES string of the molecule is NC1CC(N)CN(c2nc(Nc3ccc(C(=O)CC(=O)N(c4ccccc4)C(F)(F)F)cc3)nc(N3CC(N)CC(N)C3)n2)C1. The Kier molecular flexibility index (Phi) is 9.48. The topological polar surface area (TPSA) is 199 Å². The van der Waals surface area contributed by atoms with Gasteiger partial charge >= 0.3 is 6.30 Å². The first-order valence-corrected chi connectivity index (χ1v) is 14.5. The van der Waals surface area contributed by atoms with Crippen LogP contribution in [0.25, 0.3) is 0 Å². The lowest BCUT2D eigenvalue weighted by atomic mass is 10.0. The molecule has 2 aliphatic rings. The maximum absolute atomic E-state index is 13.7. The van der Waals surface area contributed by atoms with E-state index in [9.17, 15) is 22.8 Å². The zero-order valence-corrected chi connectivity index (χ0v) is 24.4. The molecule has 3 heterocycles. The Morgan fingerprint density at radius 2 is 1.27 bits per heavy atom. The number of nitrogens with two attached hydrogens (primary N) is 4. The van der Waals surface area contributed by atoms with Gasteiger partial charge in [-0.1, -0.05) is 18.2 Å². The number of alkyl halides is 3. The van der Waals surface area contributed by atoms with Crippen molar-refractivity contribution in [3.05, 3.63) is 60.2 Å². The van der Waals surface area contributed by atoms with Crippen LogP contribution in [0.2, 0.25) is 0 Å². The fourth-order valence-electron chi connectivity index (χ4n) is 5.57. The van der Waals surface area contributed by atoms with Crippen molar-refractivity contribution >= 4 is 40.9 Å². The molecule has 0 saturated carbocycles. The van der Waals surface area contributed by atoms with Crippen LogP contribution >= 0.6 is 0 Å². The second-order valence-electron chi connectivity index (χ2n) is 11.4. The van der Waals surface area contributed by atoms with E-state index in [0.717, 1.165) is 12.1 Å². The number of halogens is 3. The van der Waals surface area contributed by atoms with Gasteiger partial charge in [0.1, 0.15) is 0 Å². The largest absolute Gasteiger partial charge is 0.491 e. The lowest BCUT2D eigenvalue weighted by molar-refractivity contribution is -0.149. The quantitative estimate of drug-likeness (QED) is 0.137. The molecule has 13 nitrogen and oxygen atoms in total. The number of piperidine rings is 2. The molecule has 0 spiro atoms. The van der Waals surface area contributed by atoms with Gasteiger partial charge in [0.15, 0.2) is 5.78 Å². The zero-order valence-electron chi connectivity index (χ0n) is 24.4.